The fourth-order valence-corrected chi connectivity index (χ4v) is 9.27. The summed E-state index contributed by atoms with van der Waals surface area (Å²) in [7, 11) is 0. The minimum atomic E-state index is 0. The normalized spacial score (nSPS) is 15.7. The molecule has 0 atom stereocenters. The Morgan fingerprint density at radius 2 is 0.821 bits per heavy atom. The van der Waals surface area contributed by atoms with Crippen molar-refractivity contribution in [1.82, 2.24) is 0 Å². The molecule has 0 spiro atoms. The van der Waals surface area contributed by atoms with Gasteiger partial charge in [0.1, 0.15) is 0 Å². The van der Waals surface area contributed by atoms with Crippen LogP contribution in [-0.4, -0.2) is 6.88 Å². The zero-order chi connectivity index (χ0) is 36.6. The Labute approximate surface area is 370 Å². The van der Waals surface area contributed by atoms with E-state index in [9.17, 15) is 0 Å². The molecule has 56 heavy (non-hydrogen) atoms. The predicted octanol–water partition coefficient (Wildman–Crippen LogP) is 16.2. The first-order valence-corrected chi connectivity index (χ1v) is 24.2. The summed E-state index contributed by atoms with van der Waals surface area (Å²) >= 11 is 1.36. The van der Waals surface area contributed by atoms with Gasteiger partial charge in [-0.2, -0.15) is 12.1 Å². The predicted molar refractivity (Wildman–Crippen MR) is 252 cm³/mol. The topological polar surface area (TPSA) is 0 Å². The second-order valence-corrected chi connectivity index (χ2v) is 16.9. The van der Waals surface area contributed by atoms with E-state index in [0.29, 0.717) is 10.8 Å². The van der Waals surface area contributed by atoms with Crippen LogP contribution >= 0.6 is 24.8 Å². The molecule has 0 nitrogen and oxygen atoms in total. The van der Waals surface area contributed by atoms with Gasteiger partial charge >= 0.3 is 30.2 Å². The van der Waals surface area contributed by atoms with E-state index in [1.807, 2.05) is 0 Å². The van der Waals surface area contributed by atoms with Crippen molar-refractivity contribution in [3.8, 4) is 22.3 Å². The Morgan fingerprint density at radius 1 is 0.500 bits per heavy atom. The molecule has 0 amide bonds. The second-order valence-electron chi connectivity index (χ2n) is 16.9. The van der Waals surface area contributed by atoms with Crippen molar-refractivity contribution in [3.63, 3.8) is 0 Å². The molecule has 300 valence electrons. The van der Waals surface area contributed by atoms with Crippen LogP contribution < -0.4 is 0 Å². The monoisotopic (exact) mass is 878 g/mol. The quantitative estimate of drug-likeness (QED) is 0.0888. The van der Waals surface area contributed by atoms with Crippen LogP contribution in [0.4, 0.5) is 0 Å². The zero-order valence-electron chi connectivity index (χ0n) is 35.1. The number of aryl methyl sites for hydroxylation is 2. The third-order valence-corrected chi connectivity index (χ3v) is 12.2. The van der Waals surface area contributed by atoms with Crippen LogP contribution in [0.2, 0.25) is 0 Å². The molecule has 2 radical (unpaired) electrons. The molecule has 0 unspecified atom stereocenters. The van der Waals surface area contributed by atoms with Gasteiger partial charge in [0.05, 0.1) is 0 Å². The van der Waals surface area contributed by atoms with E-state index in [2.05, 4.69) is 144 Å². The second kappa shape index (κ2) is 23.4. The van der Waals surface area contributed by atoms with Gasteiger partial charge < -0.3 is 14.9 Å². The number of hydrogen-bond acceptors (Lipinski definition) is 0. The number of rotatable bonds is 6. The van der Waals surface area contributed by atoms with Gasteiger partial charge in [0.2, 0.25) is 0 Å². The number of fused-ring (bicyclic) bond motifs is 2. The summed E-state index contributed by atoms with van der Waals surface area (Å²) in [5.74, 6) is 0. The van der Waals surface area contributed by atoms with E-state index in [-0.39, 0.29) is 39.7 Å². The van der Waals surface area contributed by atoms with Crippen LogP contribution in [0, 0.1) is 39.5 Å². The van der Waals surface area contributed by atoms with Gasteiger partial charge in [0.15, 0.2) is 0 Å². The molecule has 0 bridgehead atoms. The SMILES string of the molecule is Cc1ccc(-c2cccc3[cH-]c(CC4(C)CCCCCC4)cc23)cc1.Cc1ccc(-c2cccc3[cH-]c(CC4(C)CCCCCC4)cc23)cc1.Cl.Cl.[CH3-].[CH3-].[Si]=[Zr]. The zero-order valence-corrected chi connectivity index (χ0v) is 40.2. The maximum atomic E-state index is 3.06. The Morgan fingerprint density at radius 3 is 1.14 bits per heavy atom. The fraction of sp³-hybridized carbons (Fsp3) is 0.385. The Bertz CT molecular complexity index is 1870. The van der Waals surface area contributed by atoms with Gasteiger partial charge in [-0.25, -0.2) is 0 Å². The van der Waals surface area contributed by atoms with Crippen molar-refractivity contribution in [3.05, 3.63) is 146 Å². The average Bonchev–Trinajstić information content (AvgIpc) is 3.60. The van der Waals surface area contributed by atoms with Crippen molar-refractivity contribution < 1.29 is 23.3 Å². The summed E-state index contributed by atoms with van der Waals surface area (Å²) in [6.45, 7) is 12.4. The Hall–Kier alpha value is -2.22. The van der Waals surface area contributed by atoms with Gasteiger partial charge in [-0.05, 0) is 74.3 Å². The molecule has 0 heterocycles. The summed E-state index contributed by atoms with van der Waals surface area (Å²) in [6.07, 6.45) is 19.4. The van der Waals surface area contributed by atoms with E-state index < -0.39 is 0 Å². The maximum absolute atomic E-state index is 3.06. The molecular formula is C52H66Cl2SiZr-4. The van der Waals surface area contributed by atoms with E-state index >= 15 is 0 Å². The van der Waals surface area contributed by atoms with Crippen molar-refractivity contribution in [1.29, 1.82) is 0 Å². The Kier molecular flexibility index (Phi) is 20.9. The van der Waals surface area contributed by atoms with Crippen LogP contribution in [0.3, 0.4) is 0 Å². The van der Waals surface area contributed by atoms with Gasteiger partial charge in [-0.15, -0.1) is 93.9 Å². The molecule has 6 aromatic rings. The van der Waals surface area contributed by atoms with E-state index in [1.165, 1.54) is 179 Å². The number of hydrogen-bond donors (Lipinski definition) is 0. The van der Waals surface area contributed by atoms with Gasteiger partial charge in [-0.1, -0.05) is 148 Å². The van der Waals surface area contributed by atoms with Crippen LogP contribution in [0.15, 0.2) is 109 Å². The van der Waals surface area contributed by atoms with E-state index in [4.69, 9.17) is 0 Å². The first kappa shape index (κ1) is 49.9. The summed E-state index contributed by atoms with van der Waals surface area (Å²) in [4.78, 5) is 0. The summed E-state index contributed by atoms with van der Waals surface area (Å²) < 4.78 is 0. The molecule has 2 saturated carbocycles. The van der Waals surface area contributed by atoms with Gasteiger partial charge in [0.25, 0.3) is 0 Å². The average molecular weight is 881 g/mol. The molecule has 0 aromatic heterocycles. The molecule has 2 aliphatic carbocycles. The minimum absolute atomic E-state index is 0. The number of halogens is 2. The van der Waals surface area contributed by atoms with E-state index in [1.54, 1.807) is 0 Å². The van der Waals surface area contributed by atoms with Gasteiger partial charge in [-0.3, -0.25) is 0 Å². The molecule has 4 heteroatoms. The molecule has 0 aliphatic heterocycles. The molecule has 2 fully saturated rings. The summed E-state index contributed by atoms with van der Waals surface area (Å²) in [5, 5.41) is 5.62. The molecule has 2 aliphatic rings. The summed E-state index contributed by atoms with van der Waals surface area (Å²) in [5.41, 5.74) is 12.1. The van der Waals surface area contributed by atoms with Crippen molar-refractivity contribution in [2.24, 2.45) is 10.8 Å². The summed E-state index contributed by atoms with van der Waals surface area (Å²) in [6, 6.07) is 41.1. The third-order valence-electron chi connectivity index (χ3n) is 12.2. The van der Waals surface area contributed by atoms with Gasteiger partial charge in [0, 0.05) is 0 Å². The Balaban J connectivity index is 0.000000347. The fourth-order valence-electron chi connectivity index (χ4n) is 9.27. The molecule has 6 aromatic carbocycles. The van der Waals surface area contributed by atoms with Crippen LogP contribution in [0.25, 0.3) is 43.8 Å². The van der Waals surface area contributed by atoms with Crippen molar-refractivity contribution in [2.75, 3.05) is 0 Å². The molecule has 8 rings (SSSR count). The molecule has 0 N–H and O–H groups in total. The third kappa shape index (κ3) is 12.9. The molecular weight excluding hydrogens is 815 g/mol. The van der Waals surface area contributed by atoms with Crippen molar-refractivity contribution in [2.45, 2.75) is 118 Å². The first-order valence-electron chi connectivity index (χ1n) is 20.0. The van der Waals surface area contributed by atoms with Crippen LogP contribution in [-0.2, 0) is 36.2 Å². The number of benzene rings is 4. The standard InChI is InChI=1S/2C25H29.2CH3.2ClH.Si.Zr/c2*1-19-10-12-21(13-11-19)23-9-7-8-22-16-20(17-24(22)23)18-25(2)14-5-3-4-6-15-25;;;;;;/h2*7-13,16-17H,3-6,14-15,18H2,1-2H3;2*1H3;2*1H;;/q4*-1;;;;. The van der Waals surface area contributed by atoms with Crippen LogP contribution in [0.5, 0.6) is 0 Å². The van der Waals surface area contributed by atoms with E-state index in [0.717, 1.165) is 0 Å². The van der Waals surface area contributed by atoms with Crippen molar-refractivity contribution >= 4 is 53.2 Å². The molecule has 0 saturated heterocycles. The first-order chi connectivity index (χ1) is 25.3. The van der Waals surface area contributed by atoms with Crippen LogP contribution in [0.1, 0.15) is 113 Å².